The van der Waals surface area contributed by atoms with E-state index in [1.54, 1.807) is 17.0 Å². The first-order chi connectivity index (χ1) is 20.8. The Morgan fingerprint density at radius 2 is 1.44 bits per heavy atom. The third-order valence-corrected chi connectivity index (χ3v) is 6.30. The maximum atomic E-state index is 12.6. The zero-order chi connectivity index (χ0) is 31.6. The van der Waals surface area contributed by atoms with Gasteiger partial charge in [0.2, 0.25) is 0 Å². The topological polar surface area (TPSA) is 47.2 Å². The van der Waals surface area contributed by atoms with Crippen LogP contribution < -0.4 is 0 Å². The highest BCUT2D eigenvalue weighted by Crippen LogP contribution is 2.23. The SMILES string of the molecule is C=C(C)n1cc(C2C=CC(C(=O)c3ccc(C)cc3)=CN=C2)c(C)n1.C=CC.CC.c1ccc(Cc2ccccc2)cc1. The largest absolute Gasteiger partial charge is 0.289 e. The molecule has 43 heavy (non-hydrogen) atoms. The summed E-state index contributed by atoms with van der Waals surface area (Å²) in [7, 11) is 0. The molecule has 1 aromatic heterocycles. The van der Waals surface area contributed by atoms with E-state index >= 15 is 0 Å². The van der Waals surface area contributed by atoms with Crippen molar-refractivity contribution in [2.45, 2.75) is 53.9 Å². The number of hydrogen-bond donors (Lipinski definition) is 0. The predicted octanol–water partition coefficient (Wildman–Crippen LogP) is 9.98. The van der Waals surface area contributed by atoms with Crippen molar-refractivity contribution in [2.24, 2.45) is 4.99 Å². The van der Waals surface area contributed by atoms with Crippen LogP contribution in [0, 0.1) is 13.8 Å². The number of hydrogen-bond acceptors (Lipinski definition) is 3. The summed E-state index contributed by atoms with van der Waals surface area (Å²) in [5.74, 6) is -0.0453. The Hall–Kier alpha value is -4.83. The number of allylic oxidation sites excluding steroid dienone is 5. The summed E-state index contributed by atoms with van der Waals surface area (Å²) in [4.78, 5) is 17.0. The molecule has 4 aromatic rings. The van der Waals surface area contributed by atoms with E-state index in [1.807, 2.05) is 90.4 Å². The van der Waals surface area contributed by atoms with Crippen LogP contribution in [0.15, 0.2) is 139 Å². The third-order valence-electron chi connectivity index (χ3n) is 6.30. The number of aryl methyl sites for hydroxylation is 2. The molecule has 0 radical (unpaired) electrons. The molecule has 1 aliphatic rings. The molecule has 0 amide bonds. The van der Waals surface area contributed by atoms with Gasteiger partial charge in [0.25, 0.3) is 0 Å². The number of Topliss-reactive ketones (excluding diaryl/α,β-unsaturated/α-hetero) is 1. The van der Waals surface area contributed by atoms with Crippen LogP contribution in [-0.4, -0.2) is 21.8 Å². The van der Waals surface area contributed by atoms with Gasteiger partial charge >= 0.3 is 0 Å². The second kappa shape index (κ2) is 18.6. The first kappa shape index (κ1) is 34.4. The number of aromatic nitrogens is 2. The lowest BCUT2D eigenvalue weighted by molar-refractivity contribution is 0.103. The Morgan fingerprint density at radius 1 is 0.907 bits per heavy atom. The highest BCUT2D eigenvalue weighted by molar-refractivity contribution is 6.10. The van der Waals surface area contributed by atoms with Gasteiger partial charge in [0.15, 0.2) is 5.78 Å². The lowest BCUT2D eigenvalue weighted by Crippen LogP contribution is -2.01. The van der Waals surface area contributed by atoms with Gasteiger partial charge in [-0.05, 0) is 45.2 Å². The summed E-state index contributed by atoms with van der Waals surface area (Å²) >= 11 is 0. The summed E-state index contributed by atoms with van der Waals surface area (Å²) in [5.41, 5.74) is 7.96. The average molecular weight is 572 g/mol. The molecule has 0 bridgehead atoms. The lowest BCUT2D eigenvalue weighted by Gasteiger charge is -2.04. The van der Waals surface area contributed by atoms with Crippen LogP contribution >= 0.6 is 0 Å². The summed E-state index contributed by atoms with van der Waals surface area (Å²) in [5, 5.41) is 4.46. The molecular formula is C39H45N3O. The molecule has 3 aromatic carbocycles. The van der Waals surface area contributed by atoms with Crippen molar-refractivity contribution in [3.8, 4) is 0 Å². The Kier molecular flexibility index (Phi) is 14.8. The van der Waals surface area contributed by atoms with Crippen LogP contribution in [0.5, 0.6) is 0 Å². The Morgan fingerprint density at radius 3 is 1.93 bits per heavy atom. The van der Waals surface area contributed by atoms with Crippen LogP contribution in [0.4, 0.5) is 0 Å². The second-order valence-electron chi connectivity index (χ2n) is 9.87. The summed E-state index contributed by atoms with van der Waals surface area (Å²) in [6.45, 7) is 19.0. The Bertz CT molecular complexity index is 1490. The van der Waals surface area contributed by atoms with Crippen LogP contribution in [-0.2, 0) is 6.42 Å². The number of aliphatic imine (C=N–C) groups is 1. The Balaban J connectivity index is 0.000000299. The minimum absolute atomic E-state index is 0.0207. The number of carbonyl (C=O) groups is 1. The van der Waals surface area contributed by atoms with Gasteiger partial charge in [0, 0.05) is 46.9 Å². The molecular weight excluding hydrogens is 526 g/mol. The van der Waals surface area contributed by atoms with E-state index in [0.29, 0.717) is 11.1 Å². The van der Waals surface area contributed by atoms with E-state index in [0.717, 1.165) is 28.9 Å². The fourth-order valence-corrected chi connectivity index (χ4v) is 4.13. The van der Waals surface area contributed by atoms with Crippen molar-refractivity contribution < 1.29 is 4.79 Å². The van der Waals surface area contributed by atoms with Crippen molar-refractivity contribution >= 4 is 17.7 Å². The number of rotatable bonds is 6. The monoisotopic (exact) mass is 571 g/mol. The van der Waals surface area contributed by atoms with E-state index in [2.05, 4.69) is 83.9 Å². The highest BCUT2D eigenvalue weighted by Gasteiger charge is 2.17. The highest BCUT2D eigenvalue weighted by atomic mass is 16.1. The quantitative estimate of drug-likeness (QED) is 0.171. The van der Waals surface area contributed by atoms with Gasteiger partial charge in [-0.1, -0.05) is 129 Å². The van der Waals surface area contributed by atoms with Crippen molar-refractivity contribution in [3.63, 3.8) is 0 Å². The molecule has 5 rings (SSSR count). The van der Waals surface area contributed by atoms with Gasteiger partial charge in [0.1, 0.15) is 0 Å². The minimum Gasteiger partial charge on any atom is -0.289 e. The fraction of sp³-hybridized carbons (Fsp3) is 0.205. The zero-order valence-corrected chi connectivity index (χ0v) is 26.5. The van der Waals surface area contributed by atoms with Gasteiger partial charge in [-0.15, -0.1) is 6.58 Å². The lowest BCUT2D eigenvalue weighted by atomic mass is 9.98. The van der Waals surface area contributed by atoms with E-state index in [-0.39, 0.29) is 11.7 Å². The Labute approximate surface area is 258 Å². The van der Waals surface area contributed by atoms with Gasteiger partial charge < -0.3 is 0 Å². The second-order valence-corrected chi connectivity index (χ2v) is 9.87. The van der Waals surface area contributed by atoms with Crippen LogP contribution in [0.2, 0.25) is 0 Å². The molecule has 0 saturated carbocycles. The van der Waals surface area contributed by atoms with Gasteiger partial charge in [-0.25, -0.2) is 4.68 Å². The maximum Gasteiger partial charge on any atom is 0.194 e. The smallest absolute Gasteiger partial charge is 0.194 e. The molecule has 2 heterocycles. The molecule has 0 spiro atoms. The number of benzene rings is 3. The van der Waals surface area contributed by atoms with Gasteiger partial charge in [-0.3, -0.25) is 9.79 Å². The summed E-state index contributed by atoms with van der Waals surface area (Å²) in [6.07, 6.45) is 12.0. The van der Waals surface area contributed by atoms with Crippen LogP contribution in [0.25, 0.3) is 5.70 Å². The minimum atomic E-state index is -0.0246. The average Bonchev–Trinajstić information content (AvgIpc) is 3.25. The summed E-state index contributed by atoms with van der Waals surface area (Å²) < 4.78 is 1.77. The molecule has 0 aliphatic carbocycles. The van der Waals surface area contributed by atoms with E-state index in [9.17, 15) is 4.79 Å². The molecule has 4 heteroatoms. The molecule has 4 nitrogen and oxygen atoms in total. The van der Waals surface area contributed by atoms with E-state index in [4.69, 9.17) is 0 Å². The molecule has 1 aliphatic heterocycles. The number of carbonyl (C=O) groups excluding carboxylic acids is 1. The number of ketones is 1. The molecule has 0 fully saturated rings. The number of nitrogens with zero attached hydrogens (tertiary/aromatic N) is 3. The van der Waals surface area contributed by atoms with Crippen molar-refractivity contribution in [3.05, 3.63) is 168 Å². The molecule has 222 valence electrons. The van der Waals surface area contributed by atoms with Gasteiger partial charge in [-0.2, -0.15) is 5.10 Å². The van der Waals surface area contributed by atoms with Crippen molar-refractivity contribution in [1.29, 1.82) is 0 Å². The van der Waals surface area contributed by atoms with E-state index in [1.165, 1.54) is 11.1 Å². The molecule has 0 saturated heterocycles. The predicted molar refractivity (Wildman–Crippen MR) is 185 cm³/mol. The van der Waals surface area contributed by atoms with Crippen molar-refractivity contribution in [2.75, 3.05) is 0 Å². The normalized spacial score (nSPS) is 13.0. The van der Waals surface area contributed by atoms with E-state index < -0.39 is 0 Å². The van der Waals surface area contributed by atoms with Crippen molar-refractivity contribution in [1.82, 2.24) is 9.78 Å². The third kappa shape index (κ3) is 11.2. The first-order valence-corrected chi connectivity index (χ1v) is 14.7. The molecule has 1 atom stereocenters. The maximum absolute atomic E-state index is 12.6. The van der Waals surface area contributed by atoms with Crippen LogP contribution in [0.3, 0.4) is 0 Å². The molecule has 0 N–H and O–H groups in total. The fourth-order valence-electron chi connectivity index (χ4n) is 4.13. The zero-order valence-electron chi connectivity index (χ0n) is 26.5. The molecule has 1 unspecified atom stereocenters. The van der Waals surface area contributed by atoms with Crippen LogP contribution in [0.1, 0.15) is 71.9 Å². The summed E-state index contributed by atoms with van der Waals surface area (Å²) in [6, 6.07) is 28.6. The standard InChI is InChI=1S/C21H21N3O.C13H12.C3H6.C2H6/c1-14(2)24-13-20(16(4)23-24)18-9-10-19(12-22-11-18)21(25)17-7-5-15(3)6-8-17;1-3-7-12(8-4-1)11-13-9-5-2-6-10-13;1-3-2;1-2/h5-13,18H,1H2,2-4H3;1-10H,11H2;3H,1H2,2H3;1-2H3. The first-order valence-electron chi connectivity index (χ1n) is 14.7. The van der Waals surface area contributed by atoms with Gasteiger partial charge in [0.05, 0.1) is 5.69 Å².